The molecule has 5 heteroatoms. The number of halogens is 1. The standard InChI is InChI=1S/C14H19ClN2O2/c1-4-17(5-2)14(19)11-6-8-12(9-7-11)16-13(18)10(3)15/h6-10H,4-5H2,1-3H3,(H,16,18). The molecule has 0 aliphatic rings. The average Bonchev–Trinajstić information content (AvgIpc) is 2.40. The van der Waals surface area contributed by atoms with Crippen molar-refractivity contribution in [3.63, 3.8) is 0 Å². The van der Waals surface area contributed by atoms with Crippen LogP contribution in [-0.2, 0) is 4.79 Å². The number of alkyl halides is 1. The van der Waals surface area contributed by atoms with E-state index >= 15 is 0 Å². The smallest absolute Gasteiger partial charge is 0.253 e. The third-order valence-corrected chi connectivity index (χ3v) is 3.01. The molecule has 0 aliphatic heterocycles. The molecule has 19 heavy (non-hydrogen) atoms. The third kappa shape index (κ3) is 4.24. The summed E-state index contributed by atoms with van der Waals surface area (Å²) in [5, 5.41) is 2.08. The Morgan fingerprint density at radius 1 is 1.21 bits per heavy atom. The molecule has 4 nitrogen and oxygen atoms in total. The maximum atomic E-state index is 12.1. The summed E-state index contributed by atoms with van der Waals surface area (Å²) in [7, 11) is 0. The normalized spacial score (nSPS) is 11.8. The first-order valence-corrected chi connectivity index (χ1v) is 6.77. The van der Waals surface area contributed by atoms with Gasteiger partial charge >= 0.3 is 0 Å². The van der Waals surface area contributed by atoms with Gasteiger partial charge in [-0.15, -0.1) is 11.6 Å². The SMILES string of the molecule is CCN(CC)C(=O)c1ccc(NC(=O)C(C)Cl)cc1. The van der Waals surface area contributed by atoms with Crippen molar-refractivity contribution in [2.24, 2.45) is 0 Å². The Bertz CT molecular complexity index is 439. The molecule has 0 radical (unpaired) electrons. The Morgan fingerprint density at radius 3 is 2.16 bits per heavy atom. The largest absolute Gasteiger partial charge is 0.339 e. The quantitative estimate of drug-likeness (QED) is 0.844. The number of carbonyl (C=O) groups is 2. The van der Waals surface area contributed by atoms with E-state index in [-0.39, 0.29) is 11.8 Å². The zero-order valence-electron chi connectivity index (χ0n) is 11.4. The van der Waals surface area contributed by atoms with E-state index in [2.05, 4.69) is 5.32 Å². The highest BCUT2D eigenvalue weighted by atomic mass is 35.5. The van der Waals surface area contributed by atoms with Gasteiger partial charge in [-0.3, -0.25) is 9.59 Å². The Balaban J connectivity index is 2.76. The van der Waals surface area contributed by atoms with E-state index in [1.165, 1.54) is 0 Å². The highest BCUT2D eigenvalue weighted by molar-refractivity contribution is 6.32. The Morgan fingerprint density at radius 2 is 1.74 bits per heavy atom. The number of benzene rings is 1. The van der Waals surface area contributed by atoms with Crippen molar-refractivity contribution in [1.29, 1.82) is 0 Å². The van der Waals surface area contributed by atoms with Crippen LogP contribution >= 0.6 is 11.6 Å². The molecule has 2 amide bonds. The molecule has 104 valence electrons. The Kier molecular flexibility index (Phi) is 5.83. The van der Waals surface area contributed by atoms with E-state index in [4.69, 9.17) is 11.6 Å². The molecule has 1 atom stereocenters. The summed E-state index contributed by atoms with van der Waals surface area (Å²) >= 11 is 5.67. The summed E-state index contributed by atoms with van der Waals surface area (Å²) in [6.45, 7) is 6.85. The second kappa shape index (κ2) is 7.14. The maximum absolute atomic E-state index is 12.1. The van der Waals surface area contributed by atoms with Crippen LogP contribution in [0.15, 0.2) is 24.3 Å². The lowest BCUT2D eigenvalue weighted by molar-refractivity contribution is -0.115. The number of hydrogen-bond acceptors (Lipinski definition) is 2. The molecule has 1 rings (SSSR count). The molecule has 0 saturated carbocycles. The van der Waals surface area contributed by atoms with Crippen molar-refractivity contribution in [2.75, 3.05) is 18.4 Å². The predicted octanol–water partition coefficient (Wildman–Crippen LogP) is 2.73. The Labute approximate surface area is 118 Å². The van der Waals surface area contributed by atoms with Crippen LogP contribution in [0.25, 0.3) is 0 Å². The number of carbonyl (C=O) groups excluding carboxylic acids is 2. The van der Waals surface area contributed by atoms with Crippen molar-refractivity contribution in [2.45, 2.75) is 26.1 Å². The van der Waals surface area contributed by atoms with Crippen LogP contribution in [0.2, 0.25) is 0 Å². The fourth-order valence-corrected chi connectivity index (χ4v) is 1.69. The van der Waals surface area contributed by atoms with E-state index in [1.54, 1.807) is 36.1 Å². The second-order valence-electron chi connectivity index (χ2n) is 4.16. The molecule has 1 unspecified atom stereocenters. The predicted molar refractivity (Wildman–Crippen MR) is 77.6 cm³/mol. The van der Waals surface area contributed by atoms with E-state index in [9.17, 15) is 9.59 Å². The molecule has 0 spiro atoms. The van der Waals surface area contributed by atoms with Gasteiger partial charge in [0.05, 0.1) is 0 Å². The number of nitrogens with one attached hydrogen (secondary N) is 1. The molecule has 0 aromatic heterocycles. The fraction of sp³-hybridized carbons (Fsp3) is 0.429. The van der Waals surface area contributed by atoms with Gasteiger partial charge < -0.3 is 10.2 Å². The first-order chi connectivity index (χ1) is 8.99. The third-order valence-electron chi connectivity index (χ3n) is 2.81. The lowest BCUT2D eigenvalue weighted by Gasteiger charge is -2.18. The van der Waals surface area contributed by atoms with Crippen molar-refractivity contribution in [3.8, 4) is 0 Å². The van der Waals surface area contributed by atoms with Crippen molar-refractivity contribution in [1.82, 2.24) is 4.90 Å². The molecule has 0 fully saturated rings. The molecule has 1 aromatic rings. The molecular weight excluding hydrogens is 264 g/mol. The minimum atomic E-state index is -0.586. The number of hydrogen-bond donors (Lipinski definition) is 1. The number of nitrogens with zero attached hydrogens (tertiary/aromatic N) is 1. The second-order valence-corrected chi connectivity index (χ2v) is 4.81. The summed E-state index contributed by atoms with van der Waals surface area (Å²) in [4.78, 5) is 25.2. The van der Waals surface area contributed by atoms with Gasteiger partial charge in [0, 0.05) is 24.3 Å². The zero-order chi connectivity index (χ0) is 14.4. The van der Waals surface area contributed by atoms with Crippen LogP contribution in [0.5, 0.6) is 0 Å². The van der Waals surface area contributed by atoms with Gasteiger partial charge in [-0.05, 0) is 45.0 Å². The van der Waals surface area contributed by atoms with Crippen LogP contribution in [-0.4, -0.2) is 35.2 Å². The van der Waals surface area contributed by atoms with Crippen LogP contribution < -0.4 is 5.32 Å². The molecular formula is C14H19ClN2O2. The summed E-state index contributed by atoms with van der Waals surface area (Å²) in [5.41, 5.74) is 1.24. The van der Waals surface area contributed by atoms with Crippen LogP contribution in [0.1, 0.15) is 31.1 Å². The van der Waals surface area contributed by atoms with Crippen molar-refractivity contribution < 1.29 is 9.59 Å². The number of anilines is 1. The highest BCUT2D eigenvalue weighted by Gasteiger charge is 2.13. The lowest BCUT2D eigenvalue weighted by Crippen LogP contribution is -2.30. The first-order valence-electron chi connectivity index (χ1n) is 6.33. The highest BCUT2D eigenvalue weighted by Crippen LogP contribution is 2.12. The molecule has 0 bridgehead atoms. The average molecular weight is 283 g/mol. The maximum Gasteiger partial charge on any atom is 0.253 e. The fourth-order valence-electron chi connectivity index (χ4n) is 1.63. The van der Waals surface area contributed by atoms with Gasteiger partial charge in [0.15, 0.2) is 0 Å². The van der Waals surface area contributed by atoms with Crippen LogP contribution in [0.4, 0.5) is 5.69 Å². The molecule has 0 saturated heterocycles. The van der Waals surface area contributed by atoms with Gasteiger partial charge in [0.2, 0.25) is 5.91 Å². The zero-order valence-corrected chi connectivity index (χ0v) is 12.2. The van der Waals surface area contributed by atoms with Gasteiger partial charge in [-0.1, -0.05) is 0 Å². The van der Waals surface area contributed by atoms with E-state index < -0.39 is 5.38 Å². The molecule has 0 aliphatic carbocycles. The van der Waals surface area contributed by atoms with Gasteiger partial charge in [0.1, 0.15) is 5.38 Å². The van der Waals surface area contributed by atoms with Crippen molar-refractivity contribution in [3.05, 3.63) is 29.8 Å². The van der Waals surface area contributed by atoms with Crippen LogP contribution in [0.3, 0.4) is 0 Å². The van der Waals surface area contributed by atoms with E-state index in [1.807, 2.05) is 13.8 Å². The van der Waals surface area contributed by atoms with Crippen LogP contribution in [0, 0.1) is 0 Å². The molecule has 1 N–H and O–H groups in total. The minimum absolute atomic E-state index is 0.00594. The monoisotopic (exact) mass is 282 g/mol. The number of rotatable bonds is 5. The van der Waals surface area contributed by atoms with Crippen molar-refractivity contribution >= 4 is 29.1 Å². The van der Waals surface area contributed by atoms with Gasteiger partial charge in [-0.25, -0.2) is 0 Å². The summed E-state index contributed by atoms with van der Waals surface area (Å²) in [6, 6.07) is 6.81. The summed E-state index contributed by atoms with van der Waals surface area (Å²) < 4.78 is 0. The summed E-state index contributed by atoms with van der Waals surface area (Å²) in [6.07, 6.45) is 0. The van der Waals surface area contributed by atoms with Gasteiger partial charge in [0.25, 0.3) is 5.91 Å². The van der Waals surface area contributed by atoms with Gasteiger partial charge in [-0.2, -0.15) is 0 Å². The molecule has 1 aromatic carbocycles. The minimum Gasteiger partial charge on any atom is -0.339 e. The van der Waals surface area contributed by atoms with E-state index in [0.29, 0.717) is 24.3 Å². The lowest BCUT2D eigenvalue weighted by atomic mass is 10.1. The number of amides is 2. The topological polar surface area (TPSA) is 49.4 Å². The summed E-state index contributed by atoms with van der Waals surface area (Å²) in [5.74, 6) is -0.266. The first kappa shape index (κ1) is 15.5. The van der Waals surface area contributed by atoms with E-state index in [0.717, 1.165) is 0 Å². The molecule has 0 heterocycles. The Hall–Kier alpha value is -1.55.